The molecule has 0 spiro atoms. The summed E-state index contributed by atoms with van der Waals surface area (Å²) in [6.45, 7) is 8.65. The van der Waals surface area contributed by atoms with Gasteiger partial charge in [0.2, 0.25) is 11.9 Å². The number of nitrogens with two attached hydrogens (primary N) is 1. The van der Waals surface area contributed by atoms with Crippen molar-refractivity contribution in [3.8, 4) is 0 Å². The first-order valence-electron chi connectivity index (χ1n) is 10.6. The van der Waals surface area contributed by atoms with Gasteiger partial charge >= 0.3 is 0 Å². The van der Waals surface area contributed by atoms with Gasteiger partial charge in [-0.2, -0.15) is 0 Å². The van der Waals surface area contributed by atoms with E-state index in [4.69, 9.17) is 5.73 Å². The van der Waals surface area contributed by atoms with Gasteiger partial charge in [0.05, 0.1) is 18.3 Å². The average molecular weight is 396 g/mol. The van der Waals surface area contributed by atoms with Crippen LogP contribution in [0.1, 0.15) is 62.4 Å². The van der Waals surface area contributed by atoms with Crippen molar-refractivity contribution < 1.29 is 4.79 Å². The maximum atomic E-state index is 12.6. The number of anilines is 1. The summed E-state index contributed by atoms with van der Waals surface area (Å²) in [6, 6.07) is 10.5. The molecule has 1 amide bonds. The molecule has 0 aliphatic carbocycles. The normalized spacial score (nSPS) is 18.6. The van der Waals surface area contributed by atoms with Crippen LogP contribution < -0.4 is 11.1 Å². The molecule has 2 heterocycles. The van der Waals surface area contributed by atoms with Crippen LogP contribution >= 0.6 is 0 Å². The molecule has 3 rings (SSSR count). The number of carbonyl (C=O) groups is 1. The molecule has 2 atom stereocenters. The number of nitrogens with zero attached hydrogens (tertiary/aromatic N) is 3. The number of hydrogen-bond acceptors (Lipinski definition) is 5. The molecule has 1 aliphatic rings. The van der Waals surface area contributed by atoms with E-state index >= 15 is 0 Å². The zero-order valence-corrected chi connectivity index (χ0v) is 17.8. The van der Waals surface area contributed by atoms with Crippen LogP contribution in [-0.4, -0.2) is 40.4 Å². The fourth-order valence-corrected chi connectivity index (χ4v) is 4.04. The first kappa shape index (κ1) is 21.2. The van der Waals surface area contributed by atoms with Crippen LogP contribution in [0.4, 0.5) is 5.95 Å². The number of piperidine rings is 1. The molecule has 0 bridgehead atoms. The Balaban J connectivity index is 1.51. The van der Waals surface area contributed by atoms with Gasteiger partial charge < -0.3 is 11.1 Å². The number of aromatic nitrogens is 2. The van der Waals surface area contributed by atoms with E-state index in [1.807, 2.05) is 13.0 Å². The Morgan fingerprint density at radius 1 is 1.24 bits per heavy atom. The third kappa shape index (κ3) is 6.26. The van der Waals surface area contributed by atoms with Crippen LogP contribution in [-0.2, 0) is 11.2 Å². The highest BCUT2D eigenvalue weighted by Crippen LogP contribution is 2.25. The van der Waals surface area contributed by atoms with Crippen molar-refractivity contribution in [1.82, 2.24) is 20.2 Å². The lowest BCUT2D eigenvalue weighted by molar-refractivity contribution is -0.123. The van der Waals surface area contributed by atoms with E-state index in [1.54, 1.807) is 6.20 Å². The molecule has 1 aromatic carbocycles. The largest absolute Gasteiger partial charge is 0.368 e. The van der Waals surface area contributed by atoms with Crippen LogP contribution in [0.2, 0.25) is 0 Å². The first-order chi connectivity index (χ1) is 13.9. The molecule has 3 N–H and O–H groups in total. The van der Waals surface area contributed by atoms with Crippen molar-refractivity contribution in [3.05, 3.63) is 53.3 Å². The Morgan fingerprint density at radius 2 is 2.00 bits per heavy atom. The monoisotopic (exact) mass is 395 g/mol. The second-order valence-electron chi connectivity index (χ2n) is 8.54. The third-order valence-electron chi connectivity index (χ3n) is 5.49. The second kappa shape index (κ2) is 9.83. The molecule has 1 aliphatic heterocycles. The number of nitrogens with one attached hydrogen (secondary N) is 1. The number of rotatable bonds is 7. The van der Waals surface area contributed by atoms with Gasteiger partial charge in [0.15, 0.2) is 0 Å². The molecular weight excluding hydrogens is 362 g/mol. The molecule has 6 nitrogen and oxygen atoms in total. The minimum Gasteiger partial charge on any atom is -0.368 e. The maximum absolute atomic E-state index is 12.6. The minimum absolute atomic E-state index is 0.00199. The summed E-state index contributed by atoms with van der Waals surface area (Å²) in [5, 5.41) is 3.14. The summed E-state index contributed by atoms with van der Waals surface area (Å²) >= 11 is 0. The Morgan fingerprint density at radius 3 is 2.69 bits per heavy atom. The van der Waals surface area contributed by atoms with Crippen molar-refractivity contribution in [2.45, 2.75) is 52.0 Å². The van der Waals surface area contributed by atoms with Crippen molar-refractivity contribution >= 4 is 11.9 Å². The highest BCUT2D eigenvalue weighted by Gasteiger charge is 2.24. The van der Waals surface area contributed by atoms with Crippen molar-refractivity contribution in [3.63, 3.8) is 0 Å². The molecule has 29 heavy (non-hydrogen) atoms. The molecule has 0 saturated carbocycles. The van der Waals surface area contributed by atoms with E-state index in [9.17, 15) is 4.79 Å². The third-order valence-corrected chi connectivity index (χ3v) is 5.49. The van der Waals surface area contributed by atoms with Gasteiger partial charge in [-0.15, -0.1) is 0 Å². The average Bonchev–Trinajstić information content (AvgIpc) is 2.68. The molecule has 6 heteroatoms. The van der Waals surface area contributed by atoms with Gasteiger partial charge in [0.25, 0.3) is 0 Å². The number of nitrogen functional groups attached to an aromatic ring is 1. The van der Waals surface area contributed by atoms with Crippen molar-refractivity contribution in [2.75, 3.05) is 25.4 Å². The second-order valence-corrected chi connectivity index (χ2v) is 8.54. The summed E-state index contributed by atoms with van der Waals surface area (Å²) in [6.07, 6.45) is 4.90. The molecular formula is C23H33N5O. The van der Waals surface area contributed by atoms with E-state index < -0.39 is 0 Å². The Bertz CT molecular complexity index is 805. The topological polar surface area (TPSA) is 84.1 Å². The molecule has 1 aromatic heterocycles. The fraction of sp³-hybridized carbons (Fsp3) is 0.522. The van der Waals surface area contributed by atoms with E-state index in [-0.39, 0.29) is 11.9 Å². The van der Waals surface area contributed by atoms with E-state index in [1.165, 1.54) is 5.56 Å². The standard InChI is InChI=1S/C23H33N5O/c1-16(2)13-18-6-8-19(9-7-18)17(3)26-22(29)15-28-12-4-5-20(14-28)21-10-11-25-23(24)27-21/h6-11,16-17,20H,4-5,12-15H2,1-3H3,(H,26,29)(H2,24,25,27)/t17-,20+/m1/s1. The van der Waals surface area contributed by atoms with E-state index in [2.05, 4.69) is 58.3 Å². The lowest BCUT2D eigenvalue weighted by Crippen LogP contribution is -2.42. The van der Waals surface area contributed by atoms with Crippen LogP contribution in [0.15, 0.2) is 36.5 Å². The summed E-state index contributed by atoms with van der Waals surface area (Å²) in [7, 11) is 0. The zero-order valence-electron chi connectivity index (χ0n) is 17.8. The van der Waals surface area contributed by atoms with Gasteiger partial charge in [-0.05, 0) is 55.8 Å². The van der Waals surface area contributed by atoms with Crippen LogP contribution in [0, 0.1) is 5.92 Å². The van der Waals surface area contributed by atoms with Gasteiger partial charge in [0, 0.05) is 18.7 Å². The predicted octanol–water partition coefficient (Wildman–Crippen LogP) is 3.31. The summed E-state index contributed by atoms with van der Waals surface area (Å²) in [4.78, 5) is 23.1. The fourth-order valence-electron chi connectivity index (χ4n) is 4.04. The zero-order chi connectivity index (χ0) is 20.8. The number of benzene rings is 1. The highest BCUT2D eigenvalue weighted by molar-refractivity contribution is 5.78. The Kier molecular flexibility index (Phi) is 7.20. The van der Waals surface area contributed by atoms with Gasteiger partial charge in [-0.25, -0.2) is 9.97 Å². The summed E-state index contributed by atoms with van der Waals surface area (Å²) < 4.78 is 0. The van der Waals surface area contributed by atoms with Crippen molar-refractivity contribution in [1.29, 1.82) is 0 Å². The summed E-state index contributed by atoms with van der Waals surface area (Å²) in [5.41, 5.74) is 9.17. The molecule has 0 radical (unpaired) electrons. The smallest absolute Gasteiger partial charge is 0.234 e. The molecule has 0 unspecified atom stereocenters. The van der Waals surface area contributed by atoms with Crippen LogP contribution in [0.25, 0.3) is 0 Å². The predicted molar refractivity (Wildman–Crippen MR) is 116 cm³/mol. The number of carbonyl (C=O) groups excluding carboxylic acids is 1. The molecule has 2 aromatic rings. The SMILES string of the molecule is CC(C)Cc1ccc([C@@H](C)NC(=O)CN2CCC[C@H](c3ccnc(N)n3)C2)cc1. The number of hydrogen-bond donors (Lipinski definition) is 2. The lowest BCUT2D eigenvalue weighted by atomic mass is 9.94. The van der Waals surface area contributed by atoms with E-state index in [0.717, 1.165) is 43.6 Å². The van der Waals surface area contributed by atoms with Crippen LogP contribution in [0.3, 0.4) is 0 Å². The maximum Gasteiger partial charge on any atom is 0.234 e. The molecule has 1 saturated heterocycles. The molecule has 1 fully saturated rings. The Hall–Kier alpha value is -2.47. The molecule has 156 valence electrons. The first-order valence-corrected chi connectivity index (χ1v) is 10.6. The quantitative estimate of drug-likeness (QED) is 0.751. The lowest BCUT2D eigenvalue weighted by Gasteiger charge is -2.32. The number of amides is 1. The van der Waals surface area contributed by atoms with Gasteiger partial charge in [-0.3, -0.25) is 9.69 Å². The van der Waals surface area contributed by atoms with Gasteiger partial charge in [-0.1, -0.05) is 38.1 Å². The highest BCUT2D eigenvalue weighted by atomic mass is 16.2. The van der Waals surface area contributed by atoms with Crippen LogP contribution in [0.5, 0.6) is 0 Å². The van der Waals surface area contributed by atoms with Crippen molar-refractivity contribution in [2.24, 2.45) is 5.92 Å². The minimum atomic E-state index is -0.00199. The van der Waals surface area contributed by atoms with E-state index in [0.29, 0.717) is 24.3 Å². The Labute approximate surface area is 173 Å². The number of likely N-dealkylation sites (tertiary alicyclic amines) is 1. The summed E-state index contributed by atoms with van der Waals surface area (Å²) in [5.74, 6) is 1.31. The van der Waals surface area contributed by atoms with Gasteiger partial charge in [0.1, 0.15) is 0 Å².